The minimum Gasteiger partial charge on any atom is -0.481 e. The number of hydrogen-bond donors (Lipinski definition) is 1. The zero-order chi connectivity index (χ0) is 14.4. The predicted octanol–water partition coefficient (Wildman–Crippen LogP) is 5.04. The van der Waals surface area contributed by atoms with Gasteiger partial charge in [0, 0.05) is 6.42 Å². The fourth-order valence-electron chi connectivity index (χ4n) is 4.39. The molecule has 0 aromatic heterocycles. The summed E-state index contributed by atoms with van der Waals surface area (Å²) >= 11 is 0. The minimum atomic E-state index is -0.637. The summed E-state index contributed by atoms with van der Waals surface area (Å²) in [6.45, 7) is 2.26. The lowest BCUT2D eigenvalue weighted by atomic mass is 9.68. The summed E-state index contributed by atoms with van der Waals surface area (Å²) < 4.78 is 0. The Labute approximate surface area is 123 Å². The summed E-state index contributed by atoms with van der Waals surface area (Å²) in [6.07, 6.45) is 16.7. The molecule has 2 aliphatic rings. The van der Waals surface area contributed by atoms with Gasteiger partial charge in [-0.15, -0.1) is 0 Å². The normalized spacial score (nSPS) is 32.2. The largest absolute Gasteiger partial charge is 0.481 e. The second-order valence-corrected chi connectivity index (χ2v) is 6.75. The van der Waals surface area contributed by atoms with E-state index in [9.17, 15) is 4.79 Å². The van der Waals surface area contributed by atoms with Gasteiger partial charge in [-0.05, 0) is 55.8 Å². The first-order valence-electron chi connectivity index (χ1n) is 8.62. The number of fused-ring (bicyclic) bond motifs is 1. The molecule has 1 saturated carbocycles. The van der Waals surface area contributed by atoms with Crippen molar-refractivity contribution < 1.29 is 9.90 Å². The van der Waals surface area contributed by atoms with Crippen LogP contribution in [0.1, 0.15) is 71.1 Å². The van der Waals surface area contributed by atoms with Gasteiger partial charge >= 0.3 is 5.97 Å². The van der Waals surface area contributed by atoms with Crippen molar-refractivity contribution >= 4 is 5.97 Å². The number of allylic oxidation sites excluding steroid dienone is 2. The number of unbranched alkanes of at least 4 members (excludes halogenated alkanes) is 2. The second-order valence-electron chi connectivity index (χ2n) is 6.75. The lowest BCUT2D eigenvalue weighted by Gasteiger charge is -2.37. The highest BCUT2D eigenvalue weighted by molar-refractivity contribution is 5.66. The van der Waals surface area contributed by atoms with E-state index >= 15 is 0 Å². The molecule has 2 nitrogen and oxygen atoms in total. The molecule has 1 fully saturated rings. The maximum absolute atomic E-state index is 10.7. The lowest BCUT2D eigenvalue weighted by molar-refractivity contribution is -0.137. The van der Waals surface area contributed by atoms with Crippen LogP contribution in [0.25, 0.3) is 0 Å². The molecule has 2 aliphatic carbocycles. The molecule has 0 aromatic rings. The van der Waals surface area contributed by atoms with Crippen LogP contribution in [0.5, 0.6) is 0 Å². The van der Waals surface area contributed by atoms with Crippen LogP contribution in [0.3, 0.4) is 0 Å². The molecule has 2 heteroatoms. The van der Waals surface area contributed by atoms with E-state index in [1.54, 1.807) is 0 Å². The van der Waals surface area contributed by atoms with Crippen molar-refractivity contribution in [3.8, 4) is 0 Å². The molecule has 0 heterocycles. The van der Waals surface area contributed by atoms with Crippen LogP contribution in [0.4, 0.5) is 0 Å². The molecule has 0 aromatic carbocycles. The molecule has 0 unspecified atom stereocenters. The number of rotatable bonds is 8. The van der Waals surface area contributed by atoms with Crippen molar-refractivity contribution in [2.45, 2.75) is 71.1 Å². The molecule has 0 saturated heterocycles. The van der Waals surface area contributed by atoms with Gasteiger partial charge in [0.1, 0.15) is 0 Å². The molecule has 20 heavy (non-hydrogen) atoms. The predicted molar refractivity (Wildman–Crippen MR) is 82.6 cm³/mol. The van der Waals surface area contributed by atoms with Gasteiger partial charge in [-0.3, -0.25) is 4.79 Å². The Bertz CT molecular complexity index is 334. The zero-order valence-corrected chi connectivity index (χ0v) is 12.9. The third kappa shape index (κ3) is 4.10. The van der Waals surface area contributed by atoms with Crippen LogP contribution in [0, 0.1) is 23.7 Å². The van der Waals surface area contributed by atoms with Gasteiger partial charge in [0.25, 0.3) is 0 Å². The van der Waals surface area contributed by atoms with Crippen LogP contribution in [-0.4, -0.2) is 11.1 Å². The SMILES string of the molecule is CCCCC[C@@H]1C=C[C@@H]2CCC[C@H]2[C@H]1CCCC(=O)O. The van der Waals surface area contributed by atoms with Gasteiger partial charge < -0.3 is 5.11 Å². The Balaban J connectivity index is 1.92. The van der Waals surface area contributed by atoms with Crippen LogP contribution >= 0.6 is 0 Å². The monoisotopic (exact) mass is 278 g/mol. The molecular formula is C18H30O2. The van der Waals surface area contributed by atoms with Crippen molar-refractivity contribution in [2.75, 3.05) is 0 Å². The van der Waals surface area contributed by atoms with E-state index in [0.29, 0.717) is 6.42 Å². The van der Waals surface area contributed by atoms with Gasteiger partial charge in [0.05, 0.1) is 0 Å². The summed E-state index contributed by atoms with van der Waals surface area (Å²) in [5.41, 5.74) is 0. The smallest absolute Gasteiger partial charge is 0.303 e. The van der Waals surface area contributed by atoms with Gasteiger partial charge in [-0.2, -0.15) is 0 Å². The van der Waals surface area contributed by atoms with E-state index in [0.717, 1.165) is 36.5 Å². The first-order chi connectivity index (χ1) is 9.72. The van der Waals surface area contributed by atoms with Crippen molar-refractivity contribution in [2.24, 2.45) is 23.7 Å². The van der Waals surface area contributed by atoms with E-state index in [4.69, 9.17) is 5.11 Å². The quantitative estimate of drug-likeness (QED) is 0.499. The van der Waals surface area contributed by atoms with Crippen molar-refractivity contribution in [3.63, 3.8) is 0 Å². The first kappa shape index (κ1) is 15.6. The van der Waals surface area contributed by atoms with Crippen LogP contribution in [-0.2, 0) is 4.79 Å². The van der Waals surface area contributed by atoms with Crippen molar-refractivity contribution in [1.82, 2.24) is 0 Å². The average Bonchev–Trinajstić information content (AvgIpc) is 2.89. The van der Waals surface area contributed by atoms with Crippen molar-refractivity contribution in [3.05, 3.63) is 12.2 Å². The van der Waals surface area contributed by atoms with Crippen LogP contribution in [0.15, 0.2) is 12.2 Å². The van der Waals surface area contributed by atoms with Gasteiger partial charge in [-0.1, -0.05) is 44.8 Å². The van der Waals surface area contributed by atoms with E-state index in [1.807, 2.05) is 0 Å². The van der Waals surface area contributed by atoms with Crippen LogP contribution in [0.2, 0.25) is 0 Å². The Morgan fingerprint density at radius 1 is 1.15 bits per heavy atom. The number of carboxylic acids is 1. The molecule has 0 aliphatic heterocycles. The summed E-state index contributed by atoms with van der Waals surface area (Å²) in [7, 11) is 0. The molecule has 1 N–H and O–H groups in total. The molecule has 2 rings (SSSR count). The molecule has 0 radical (unpaired) electrons. The summed E-state index contributed by atoms with van der Waals surface area (Å²) in [5, 5.41) is 8.86. The average molecular weight is 278 g/mol. The molecule has 114 valence electrons. The third-order valence-electron chi connectivity index (χ3n) is 5.40. The maximum atomic E-state index is 10.7. The Morgan fingerprint density at radius 3 is 2.75 bits per heavy atom. The Morgan fingerprint density at radius 2 is 2.00 bits per heavy atom. The number of carboxylic acid groups (broad SMARTS) is 1. The molecular weight excluding hydrogens is 248 g/mol. The summed E-state index contributed by atoms with van der Waals surface area (Å²) in [6, 6.07) is 0. The van der Waals surface area contributed by atoms with Gasteiger partial charge in [0.2, 0.25) is 0 Å². The second kappa shape index (κ2) is 7.85. The summed E-state index contributed by atoms with van der Waals surface area (Å²) in [4.78, 5) is 10.7. The molecule has 4 atom stereocenters. The maximum Gasteiger partial charge on any atom is 0.303 e. The zero-order valence-electron chi connectivity index (χ0n) is 12.9. The number of carbonyl (C=O) groups is 1. The topological polar surface area (TPSA) is 37.3 Å². The van der Waals surface area contributed by atoms with Crippen molar-refractivity contribution in [1.29, 1.82) is 0 Å². The summed E-state index contributed by atoms with van der Waals surface area (Å²) in [5.74, 6) is 2.48. The lowest BCUT2D eigenvalue weighted by Crippen LogP contribution is -2.28. The Kier molecular flexibility index (Phi) is 6.12. The number of hydrogen-bond acceptors (Lipinski definition) is 1. The first-order valence-corrected chi connectivity index (χ1v) is 8.62. The minimum absolute atomic E-state index is 0.347. The highest BCUT2D eigenvalue weighted by Crippen LogP contribution is 2.47. The molecule has 0 bridgehead atoms. The van der Waals surface area contributed by atoms with E-state index < -0.39 is 5.97 Å². The highest BCUT2D eigenvalue weighted by Gasteiger charge is 2.38. The van der Waals surface area contributed by atoms with E-state index in [2.05, 4.69) is 19.1 Å². The standard InChI is InChI=1S/C18H30O2/c1-2-3-4-7-14-12-13-15-8-5-9-16(15)17(14)10-6-11-18(19)20/h12-17H,2-11H2,1H3,(H,19,20)/t14-,15+,16-,17+/m1/s1. The fraction of sp³-hybridized carbons (Fsp3) is 0.833. The molecule has 0 amide bonds. The van der Waals surface area contributed by atoms with Gasteiger partial charge in [-0.25, -0.2) is 0 Å². The van der Waals surface area contributed by atoms with E-state index in [-0.39, 0.29) is 0 Å². The fourth-order valence-corrected chi connectivity index (χ4v) is 4.39. The molecule has 0 spiro atoms. The third-order valence-corrected chi connectivity index (χ3v) is 5.40. The van der Waals surface area contributed by atoms with Crippen LogP contribution < -0.4 is 0 Å². The van der Waals surface area contributed by atoms with E-state index in [1.165, 1.54) is 44.9 Å². The Hall–Kier alpha value is -0.790. The number of aliphatic carboxylic acids is 1. The highest BCUT2D eigenvalue weighted by atomic mass is 16.4. The van der Waals surface area contributed by atoms with Gasteiger partial charge in [0.15, 0.2) is 0 Å².